The molecular weight excluding hydrogens is 959 g/mol. The third kappa shape index (κ3) is 63.5. The quantitative estimate of drug-likeness (QED) is 0.0320. The van der Waals surface area contributed by atoms with Crippen molar-refractivity contribution in [1.82, 2.24) is 5.32 Å². The number of aliphatic hydroxyl groups is 2. The fourth-order valence-electron chi connectivity index (χ4n) is 11.3. The van der Waals surface area contributed by atoms with Gasteiger partial charge in [-0.25, -0.2) is 0 Å². The Kier molecular flexibility index (Phi) is 66.4. The van der Waals surface area contributed by atoms with Crippen molar-refractivity contribution >= 4 is 11.9 Å². The van der Waals surface area contributed by atoms with Gasteiger partial charge in [0.05, 0.1) is 25.4 Å². The fourth-order valence-corrected chi connectivity index (χ4v) is 11.3. The molecule has 1 amide bonds. The second kappa shape index (κ2) is 67.8. The lowest BCUT2D eigenvalue weighted by Gasteiger charge is -2.22. The average molecular weight is 1100 g/mol. The predicted molar refractivity (Wildman–Crippen MR) is 343 cm³/mol. The molecule has 0 aromatic rings. The molecule has 0 aromatic carbocycles. The van der Waals surface area contributed by atoms with E-state index in [0.717, 1.165) is 44.9 Å². The molecule has 0 saturated heterocycles. The van der Waals surface area contributed by atoms with Gasteiger partial charge in [0, 0.05) is 12.8 Å². The van der Waals surface area contributed by atoms with Crippen LogP contribution >= 0.6 is 0 Å². The van der Waals surface area contributed by atoms with Crippen LogP contribution in [0.4, 0.5) is 0 Å². The maximum absolute atomic E-state index is 12.5. The molecule has 0 aliphatic carbocycles. The summed E-state index contributed by atoms with van der Waals surface area (Å²) < 4.78 is 5.49. The van der Waals surface area contributed by atoms with Crippen LogP contribution in [0.3, 0.4) is 0 Å². The van der Waals surface area contributed by atoms with Gasteiger partial charge in [0.1, 0.15) is 0 Å². The summed E-state index contributed by atoms with van der Waals surface area (Å²) in [4.78, 5) is 24.6. The molecule has 462 valence electrons. The zero-order valence-electron chi connectivity index (χ0n) is 52.9. The van der Waals surface area contributed by atoms with Crippen molar-refractivity contribution in [3.05, 3.63) is 24.3 Å². The Hall–Kier alpha value is -1.66. The van der Waals surface area contributed by atoms with Crippen molar-refractivity contribution < 1.29 is 24.5 Å². The first-order valence-corrected chi connectivity index (χ1v) is 35.6. The Morgan fingerprint density at radius 2 is 0.641 bits per heavy atom. The van der Waals surface area contributed by atoms with E-state index in [1.807, 2.05) is 0 Å². The number of amides is 1. The number of aliphatic hydroxyl groups excluding tert-OH is 2. The lowest BCUT2D eigenvalue weighted by atomic mass is 10.0. The molecule has 0 fully saturated rings. The minimum atomic E-state index is -0.672. The van der Waals surface area contributed by atoms with Crippen LogP contribution in [0.5, 0.6) is 0 Å². The second-order valence-electron chi connectivity index (χ2n) is 24.6. The third-order valence-electron chi connectivity index (χ3n) is 16.8. The minimum absolute atomic E-state index is 0.0109. The van der Waals surface area contributed by atoms with E-state index in [-0.39, 0.29) is 18.5 Å². The van der Waals surface area contributed by atoms with Gasteiger partial charge >= 0.3 is 5.97 Å². The summed E-state index contributed by atoms with van der Waals surface area (Å²) in [5, 5.41) is 23.4. The van der Waals surface area contributed by atoms with E-state index >= 15 is 0 Å². The van der Waals surface area contributed by atoms with E-state index in [9.17, 15) is 19.8 Å². The molecule has 0 aliphatic heterocycles. The molecule has 0 saturated carbocycles. The van der Waals surface area contributed by atoms with Crippen molar-refractivity contribution in [2.45, 2.75) is 411 Å². The third-order valence-corrected chi connectivity index (χ3v) is 16.8. The number of carbonyl (C=O) groups is 2. The van der Waals surface area contributed by atoms with Crippen LogP contribution in [0.2, 0.25) is 0 Å². The van der Waals surface area contributed by atoms with Crippen LogP contribution in [0.15, 0.2) is 24.3 Å². The molecule has 0 heterocycles. The second-order valence-corrected chi connectivity index (χ2v) is 24.6. The Morgan fingerprint density at radius 3 is 0.974 bits per heavy atom. The number of allylic oxidation sites excluding steroid dienone is 4. The van der Waals surface area contributed by atoms with Gasteiger partial charge in [-0.3, -0.25) is 9.59 Å². The van der Waals surface area contributed by atoms with Gasteiger partial charge in [-0.2, -0.15) is 0 Å². The first-order chi connectivity index (χ1) is 38.5. The van der Waals surface area contributed by atoms with E-state index in [4.69, 9.17) is 4.74 Å². The molecule has 6 nitrogen and oxygen atoms in total. The van der Waals surface area contributed by atoms with Crippen molar-refractivity contribution in [3.63, 3.8) is 0 Å². The molecule has 3 N–H and O–H groups in total. The van der Waals surface area contributed by atoms with E-state index in [1.165, 1.54) is 321 Å². The molecule has 0 bridgehead atoms. The molecule has 0 aromatic heterocycles. The summed E-state index contributed by atoms with van der Waals surface area (Å²) in [6.45, 7) is 4.99. The fraction of sp³-hybridized carbons (Fsp3) is 0.917. The number of carbonyl (C=O) groups excluding carboxylic acids is 2. The number of ether oxygens (including phenoxy) is 1. The zero-order valence-corrected chi connectivity index (χ0v) is 52.9. The van der Waals surface area contributed by atoms with Crippen LogP contribution in [0.25, 0.3) is 0 Å². The maximum Gasteiger partial charge on any atom is 0.305 e. The first-order valence-electron chi connectivity index (χ1n) is 35.6. The van der Waals surface area contributed by atoms with Crippen molar-refractivity contribution in [3.8, 4) is 0 Å². The topological polar surface area (TPSA) is 95.9 Å². The summed E-state index contributed by atoms with van der Waals surface area (Å²) in [6, 6.07) is -0.550. The Morgan fingerprint density at radius 1 is 0.359 bits per heavy atom. The van der Waals surface area contributed by atoms with Gasteiger partial charge in [-0.1, -0.05) is 353 Å². The highest BCUT2D eigenvalue weighted by molar-refractivity contribution is 5.76. The largest absolute Gasteiger partial charge is 0.466 e. The molecular formula is C72H139NO5. The summed E-state index contributed by atoms with van der Waals surface area (Å²) in [7, 11) is 0. The van der Waals surface area contributed by atoms with Crippen molar-refractivity contribution in [2.24, 2.45) is 0 Å². The number of nitrogens with one attached hydrogen (secondary N) is 1. The molecule has 0 aliphatic rings. The van der Waals surface area contributed by atoms with Gasteiger partial charge in [-0.05, 0) is 57.8 Å². The highest BCUT2D eigenvalue weighted by atomic mass is 16.5. The number of esters is 1. The summed E-state index contributed by atoms with van der Waals surface area (Å²) in [5.41, 5.74) is 0. The Labute approximate surface area is 488 Å². The molecule has 0 rings (SSSR count). The first kappa shape index (κ1) is 76.3. The van der Waals surface area contributed by atoms with Gasteiger partial charge in [0.15, 0.2) is 0 Å². The number of hydrogen-bond acceptors (Lipinski definition) is 5. The zero-order chi connectivity index (χ0) is 56.4. The van der Waals surface area contributed by atoms with Crippen LogP contribution in [0, 0.1) is 0 Å². The highest BCUT2D eigenvalue weighted by Gasteiger charge is 2.20. The van der Waals surface area contributed by atoms with Gasteiger partial charge in [0.2, 0.25) is 5.91 Å². The van der Waals surface area contributed by atoms with Crippen molar-refractivity contribution in [2.75, 3.05) is 13.2 Å². The van der Waals surface area contributed by atoms with E-state index in [2.05, 4.69) is 43.5 Å². The van der Waals surface area contributed by atoms with E-state index in [0.29, 0.717) is 25.9 Å². The summed E-state index contributed by atoms with van der Waals surface area (Å²) in [6.07, 6.45) is 85.1. The standard InChI is InChI=1S/C72H139NO5/c1-3-5-7-9-11-13-15-17-19-20-21-22-24-27-30-33-37-40-44-48-52-56-60-64-70(75)69(68-74)73-71(76)65-61-57-53-49-45-41-38-34-31-28-25-23-26-29-32-35-39-43-47-51-55-59-63-67-78-72(77)66-62-58-54-50-46-42-36-18-16-14-12-10-8-6-4-2/h23,26,28,31,69-70,74-75H,3-22,24-25,27,29-30,32-68H2,1-2H3,(H,73,76)/b26-23-,31-28-. The lowest BCUT2D eigenvalue weighted by Crippen LogP contribution is -2.45. The van der Waals surface area contributed by atoms with Crippen LogP contribution in [-0.2, 0) is 14.3 Å². The average Bonchev–Trinajstić information content (AvgIpc) is 3.44. The molecule has 6 heteroatoms. The van der Waals surface area contributed by atoms with Gasteiger partial charge in [-0.15, -0.1) is 0 Å². The normalized spacial score (nSPS) is 12.6. The van der Waals surface area contributed by atoms with Crippen LogP contribution < -0.4 is 5.32 Å². The number of unbranched alkanes of at least 4 members (excludes halogenated alkanes) is 52. The molecule has 78 heavy (non-hydrogen) atoms. The number of rotatable bonds is 67. The van der Waals surface area contributed by atoms with Crippen LogP contribution in [0.1, 0.15) is 399 Å². The highest BCUT2D eigenvalue weighted by Crippen LogP contribution is 2.19. The summed E-state index contributed by atoms with van der Waals surface area (Å²) in [5.74, 6) is -0.0299. The van der Waals surface area contributed by atoms with E-state index in [1.54, 1.807) is 0 Å². The Balaban J connectivity index is 3.43. The monoisotopic (exact) mass is 1100 g/mol. The predicted octanol–water partition coefficient (Wildman–Crippen LogP) is 22.9. The maximum atomic E-state index is 12.5. The molecule has 2 atom stereocenters. The summed E-state index contributed by atoms with van der Waals surface area (Å²) >= 11 is 0. The van der Waals surface area contributed by atoms with Gasteiger partial charge < -0.3 is 20.3 Å². The molecule has 0 radical (unpaired) electrons. The lowest BCUT2D eigenvalue weighted by molar-refractivity contribution is -0.143. The van der Waals surface area contributed by atoms with Crippen molar-refractivity contribution in [1.29, 1.82) is 0 Å². The van der Waals surface area contributed by atoms with E-state index < -0.39 is 12.1 Å². The van der Waals surface area contributed by atoms with Crippen LogP contribution in [-0.4, -0.2) is 47.4 Å². The molecule has 2 unspecified atom stereocenters. The SMILES string of the molecule is CCCCCCCCCCCCCCCCCCCCCCCCCC(O)C(CO)NC(=O)CCCCCCCCC/C=C\C/C=C\CCCCCCCCCCCOC(=O)CCCCCCCCCCCCCCCCC. The number of hydrogen-bond donors (Lipinski definition) is 3. The smallest absolute Gasteiger partial charge is 0.305 e. The van der Waals surface area contributed by atoms with Gasteiger partial charge in [0.25, 0.3) is 0 Å². The minimum Gasteiger partial charge on any atom is -0.466 e. The molecule has 0 spiro atoms. The Bertz CT molecular complexity index is 1220.